The Balaban J connectivity index is 1.82. The van der Waals surface area contributed by atoms with Crippen LogP contribution in [0.4, 0.5) is 10.6 Å². The lowest BCUT2D eigenvalue weighted by molar-refractivity contribution is 0.179. The smallest absolute Gasteiger partial charge is 0.415 e. The molecule has 0 N–H and O–H groups in total. The van der Waals surface area contributed by atoms with Crippen molar-refractivity contribution in [2.24, 2.45) is 0 Å². The second kappa shape index (κ2) is 4.76. The molecule has 0 unspecified atom stereocenters. The molecule has 1 atom stereocenters. The Morgan fingerprint density at radius 1 is 1.32 bits per heavy atom. The normalized spacial score (nSPS) is 20.0. The zero-order valence-corrected chi connectivity index (χ0v) is 12.6. The number of aryl methyl sites for hydroxylation is 1. The topological polar surface area (TPSA) is 56.6 Å². The summed E-state index contributed by atoms with van der Waals surface area (Å²) in [4.78, 5) is 18.2. The van der Waals surface area contributed by atoms with Crippen LogP contribution in [0.5, 0.6) is 5.75 Å². The van der Waals surface area contributed by atoms with Gasteiger partial charge in [-0.05, 0) is 31.5 Å². The van der Waals surface area contributed by atoms with Crippen LogP contribution in [0.1, 0.15) is 12.5 Å². The number of benzene rings is 1. The summed E-state index contributed by atoms with van der Waals surface area (Å²) in [7, 11) is 0. The summed E-state index contributed by atoms with van der Waals surface area (Å²) in [6.07, 6.45) is 1.57. The zero-order valence-electron chi connectivity index (χ0n) is 12.6. The molecule has 2 aliphatic heterocycles. The quantitative estimate of drug-likeness (QED) is 0.812. The van der Waals surface area contributed by atoms with E-state index in [9.17, 15) is 4.79 Å². The Morgan fingerprint density at radius 3 is 2.95 bits per heavy atom. The van der Waals surface area contributed by atoms with Gasteiger partial charge in [0.15, 0.2) is 5.82 Å². The van der Waals surface area contributed by atoms with Gasteiger partial charge in [-0.3, -0.25) is 4.90 Å². The third kappa shape index (κ3) is 1.94. The van der Waals surface area contributed by atoms with Crippen molar-refractivity contribution in [3.05, 3.63) is 30.0 Å². The van der Waals surface area contributed by atoms with Gasteiger partial charge in [0.1, 0.15) is 24.8 Å². The molecule has 2 aliphatic rings. The fourth-order valence-corrected chi connectivity index (χ4v) is 2.93. The van der Waals surface area contributed by atoms with Crippen LogP contribution in [0.2, 0.25) is 0 Å². The number of aromatic nitrogens is 2. The molecule has 0 spiro atoms. The first-order valence-electron chi connectivity index (χ1n) is 7.40. The van der Waals surface area contributed by atoms with E-state index in [1.54, 1.807) is 4.90 Å². The third-order valence-electron chi connectivity index (χ3n) is 4.06. The molecule has 1 fully saturated rings. The summed E-state index contributed by atoms with van der Waals surface area (Å²) in [5.74, 6) is 2.31. The standard InChI is InChI=1S/C16H17N3O3/c1-10-3-4-12-13(7-10)21-6-5-18-8-14(17-15(12)18)19-11(2)9-22-16(19)20/h3-4,7-8,11H,5-6,9H2,1-2H3/t11-/m1/s1. The van der Waals surface area contributed by atoms with E-state index in [0.29, 0.717) is 25.6 Å². The Labute approximate surface area is 128 Å². The highest BCUT2D eigenvalue weighted by Crippen LogP contribution is 2.35. The SMILES string of the molecule is Cc1ccc2c(c1)OCCn1cc(N3C(=O)OC[C@H]3C)nc1-2. The number of amides is 1. The number of rotatable bonds is 1. The monoisotopic (exact) mass is 299 g/mol. The lowest BCUT2D eigenvalue weighted by Crippen LogP contribution is -2.31. The lowest BCUT2D eigenvalue weighted by atomic mass is 10.1. The molecule has 0 radical (unpaired) electrons. The van der Waals surface area contributed by atoms with Crippen molar-refractivity contribution in [2.75, 3.05) is 18.1 Å². The second-order valence-electron chi connectivity index (χ2n) is 5.76. The number of ether oxygens (including phenoxy) is 2. The van der Waals surface area contributed by atoms with Crippen molar-refractivity contribution >= 4 is 11.9 Å². The van der Waals surface area contributed by atoms with Gasteiger partial charge in [0.05, 0.1) is 18.2 Å². The van der Waals surface area contributed by atoms with Crippen molar-refractivity contribution in [2.45, 2.75) is 26.4 Å². The molecule has 1 aromatic heterocycles. The van der Waals surface area contributed by atoms with Gasteiger partial charge in [-0.25, -0.2) is 9.78 Å². The van der Waals surface area contributed by atoms with Crippen molar-refractivity contribution in [3.63, 3.8) is 0 Å². The van der Waals surface area contributed by atoms with E-state index in [-0.39, 0.29) is 12.1 Å². The number of nitrogens with zero attached hydrogens (tertiary/aromatic N) is 3. The maximum absolute atomic E-state index is 11.9. The number of fused-ring (bicyclic) bond motifs is 3. The number of carbonyl (C=O) groups is 1. The minimum absolute atomic E-state index is 0.000351. The van der Waals surface area contributed by atoms with E-state index in [1.807, 2.05) is 42.8 Å². The van der Waals surface area contributed by atoms with Crippen molar-refractivity contribution in [1.82, 2.24) is 9.55 Å². The van der Waals surface area contributed by atoms with Gasteiger partial charge in [-0.15, -0.1) is 0 Å². The Kier molecular flexibility index (Phi) is 2.85. The number of hydrogen-bond donors (Lipinski definition) is 0. The number of cyclic esters (lactones) is 1. The van der Waals surface area contributed by atoms with E-state index < -0.39 is 0 Å². The summed E-state index contributed by atoms with van der Waals surface area (Å²) in [5, 5.41) is 0. The van der Waals surface area contributed by atoms with E-state index in [2.05, 4.69) is 4.98 Å². The van der Waals surface area contributed by atoms with Crippen LogP contribution in [0.25, 0.3) is 11.4 Å². The van der Waals surface area contributed by atoms with Crippen LogP contribution in [0, 0.1) is 6.92 Å². The first kappa shape index (κ1) is 13.2. The van der Waals surface area contributed by atoms with Crippen LogP contribution in [0.15, 0.2) is 24.4 Å². The van der Waals surface area contributed by atoms with Crippen LogP contribution in [0.3, 0.4) is 0 Å². The highest BCUT2D eigenvalue weighted by Gasteiger charge is 2.33. The fraction of sp³-hybridized carbons (Fsp3) is 0.375. The molecule has 0 bridgehead atoms. The molecular formula is C16H17N3O3. The van der Waals surface area contributed by atoms with E-state index in [4.69, 9.17) is 9.47 Å². The minimum Gasteiger partial charge on any atom is -0.491 e. The summed E-state index contributed by atoms with van der Waals surface area (Å²) in [6.45, 7) is 5.68. The maximum Gasteiger partial charge on any atom is 0.415 e. The minimum atomic E-state index is -0.332. The summed E-state index contributed by atoms with van der Waals surface area (Å²) >= 11 is 0. The third-order valence-corrected chi connectivity index (χ3v) is 4.06. The van der Waals surface area contributed by atoms with Crippen molar-refractivity contribution in [1.29, 1.82) is 0 Å². The average molecular weight is 299 g/mol. The Bertz CT molecular complexity index is 753. The number of imidazole rings is 1. The molecule has 1 amide bonds. The van der Waals surface area contributed by atoms with E-state index >= 15 is 0 Å². The highest BCUT2D eigenvalue weighted by molar-refractivity contribution is 5.89. The first-order valence-corrected chi connectivity index (χ1v) is 7.40. The first-order chi connectivity index (χ1) is 10.6. The number of anilines is 1. The largest absolute Gasteiger partial charge is 0.491 e. The summed E-state index contributed by atoms with van der Waals surface area (Å²) in [6, 6.07) is 6.08. The van der Waals surface area contributed by atoms with Gasteiger partial charge in [-0.2, -0.15) is 0 Å². The van der Waals surface area contributed by atoms with Gasteiger partial charge in [0, 0.05) is 6.20 Å². The molecule has 4 rings (SSSR count). The Hall–Kier alpha value is -2.50. The molecule has 0 saturated carbocycles. The fourth-order valence-electron chi connectivity index (χ4n) is 2.93. The molecule has 114 valence electrons. The average Bonchev–Trinajstić information content (AvgIpc) is 2.98. The van der Waals surface area contributed by atoms with E-state index in [0.717, 1.165) is 22.7 Å². The molecule has 6 heteroatoms. The van der Waals surface area contributed by atoms with Gasteiger partial charge in [-0.1, -0.05) is 6.07 Å². The van der Waals surface area contributed by atoms with Gasteiger partial charge in [0.2, 0.25) is 0 Å². The molecule has 22 heavy (non-hydrogen) atoms. The summed E-state index contributed by atoms with van der Waals surface area (Å²) in [5.41, 5.74) is 2.10. The van der Waals surface area contributed by atoms with Crippen molar-refractivity contribution in [3.8, 4) is 17.1 Å². The van der Waals surface area contributed by atoms with Gasteiger partial charge < -0.3 is 14.0 Å². The predicted molar refractivity (Wildman–Crippen MR) is 81.2 cm³/mol. The van der Waals surface area contributed by atoms with Gasteiger partial charge in [0.25, 0.3) is 0 Å². The molecule has 3 heterocycles. The lowest BCUT2D eigenvalue weighted by Gasteiger charge is -2.14. The van der Waals surface area contributed by atoms with Crippen LogP contribution in [-0.4, -0.2) is 34.9 Å². The highest BCUT2D eigenvalue weighted by atomic mass is 16.6. The molecule has 1 saturated heterocycles. The maximum atomic E-state index is 11.9. The van der Waals surface area contributed by atoms with Crippen LogP contribution in [-0.2, 0) is 11.3 Å². The molecule has 0 aliphatic carbocycles. The predicted octanol–water partition coefficient (Wildman–Crippen LogP) is 2.60. The Morgan fingerprint density at radius 2 is 2.18 bits per heavy atom. The molecular weight excluding hydrogens is 282 g/mol. The zero-order chi connectivity index (χ0) is 15.3. The van der Waals surface area contributed by atoms with Crippen molar-refractivity contribution < 1.29 is 14.3 Å². The van der Waals surface area contributed by atoms with Gasteiger partial charge >= 0.3 is 6.09 Å². The molecule has 6 nitrogen and oxygen atoms in total. The molecule has 2 aromatic rings. The molecule has 1 aromatic carbocycles. The van der Waals surface area contributed by atoms with Crippen LogP contribution < -0.4 is 9.64 Å². The number of hydrogen-bond acceptors (Lipinski definition) is 4. The van der Waals surface area contributed by atoms with E-state index in [1.165, 1.54) is 0 Å². The van der Waals surface area contributed by atoms with Crippen LogP contribution >= 0.6 is 0 Å². The second-order valence-corrected chi connectivity index (χ2v) is 5.76. The number of carbonyl (C=O) groups excluding carboxylic acids is 1. The summed E-state index contributed by atoms with van der Waals surface area (Å²) < 4.78 is 12.9.